The molecule has 0 unspecified atom stereocenters. The van der Waals surface area contributed by atoms with Crippen LogP contribution in [0.15, 0.2) is 34.9 Å². The smallest absolute Gasteiger partial charge is 0.0137 e. The van der Waals surface area contributed by atoms with Crippen LogP contribution in [0.3, 0.4) is 0 Å². The number of nitrogens with one attached hydrogen (secondary N) is 1. The van der Waals surface area contributed by atoms with Gasteiger partial charge in [-0.05, 0) is 98.8 Å². The maximum atomic E-state index is 3.55. The van der Waals surface area contributed by atoms with E-state index in [1.54, 1.807) is 0 Å². The number of allylic oxidation sites excluding steroid dienone is 5. The van der Waals surface area contributed by atoms with Crippen molar-refractivity contribution in [2.75, 3.05) is 32.7 Å². The fourth-order valence-electron chi connectivity index (χ4n) is 3.12. The van der Waals surface area contributed by atoms with E-state index in [1.807, 2.05) is 0 Å². The first kappa shape index (κ1) is 21.2. The quantitative estimate of drug-likeness (QED) is 0.376. The fourth-order valence-corrected chi connectivity index (χ4v) is 3.12. The molecule has 1 rings (SSSR count). The molecule has 0 aromatic rings. The molecule has 0 aromatic carbocycles. The van der Waals surface area contributed by atoms with Gasteiger partial charge in [-0.25, -0.2) is 0 Å². The molecule has 24 heavy (non-hydrogen) atoms. The standard InChI is InChI=1S/C22H40N2/c1-20(2)10-7-11-21(3)12-8-13-22(4)14-16-23-15-9-19-24-17-5-6-18-24/h10,12,14,23H,5-9,11,13,15-19H2,1-4H3. The zero-order valence-corrected chi connectivity index (χ0v) is 16.7. The van der Waals surface area contributed by atoms with Crippen LogP contribution in [0, 0.1) is 0 Å². The van der Waals surface area contributed by atoms with Crippen molar-refractivity contribution >= 4 is 0 Å². The molecule has 1 heterocycles. The van der Waals surface area contributed by atoms with E-state index in [0.29, 0.717) is 0 Å². The van der Waals surface area contributed by atoms with Gasteiger partial charge < -0.3 is 10.2 Å². The molecular weight excluding hydrogens is 292 g/mol. The second kappa shape index (κ2) is 13.4. The maximum Gasteiger partial charge on any atom is 0.0137 e. The Labute approximate surface area is 151 Å². The van der Waals surface area contributed by atoms with E-state index in [1.165, 1.54) is 81.3 Å². The highest BCUT2D eigenvalue weighted by molar-refractivity contribution is 5.05. The van der Waals surface area contributed by atoms with Crippen LogP contribution in [0.5, 0.6) is 0 Å². The summed E-state index contributed by atoms with van der Waals surface area (Å²) in [5, 5.41) is 3.55. The van der Waals surface area contributed by atoms with Crippen molar-refractivity contribution in [3.05, 3.63) is 34.9 Å². The molecule has 1 N–H and O–H groups in total. The Balaban J connectivity index is 2.01. The molecule has 138 valence electrons. The Hall–Kier alpha value is -0.860. The van der Waals surface area contributed by atoms with E-state index in [9.17, 15) is 0 Å². The van der Waals surface area contributed by atoms with Gasteiger partial charge in [0.15, 0.2) is 0 Å². The molecule has 0 saturated carbocycles. The Morgan fingerprint density at radius 3 is 2.17 bits per heavy atom. The van der Waals surface area contributed by atoms with Gasteiger partial charge in [-0.2, -0.15) is 0 Å². The second-order valence-corrected chi connectivity index (χ2v) is 7.57. The molecule has 0 aliphatic carbocycles. The van der Waals surface area contributed by atoms with Crippen LogP contribution in [0.2, 0.25) is 0 Å². The van der Waals surface area contributed by atoms with Crippen LogP contribution in [-0.2, 0) is 0 Å². The number of likely N-dealkylation sites (tertiary alicyclic amines) is 1. The van der Waals surface area contributed by atoms with Crippen molar-refractivity contribution < 1.29 is 0 Å². The minimum Gasteiger partial charge on any atom is -0.313 e. The van der Waals surface area contributed by atoms with Crippen LogP contribution in [0.4, 0.5) is 0 Å². The average Bonchev–Trinajstić information content (AvgIpc) is 3.03. The number of nitrogens with zero attached hydrogens (tertiary/aromatic N) is 1. The van der Waals surface area contributed by atoms with Gasteiger partial charge in [0.05, 0.1) is 0 Å². The van der Waals surface area contributed by atoms with Gasteiger partial charge in [-0.3, -0.25) is 0 Å². The molecular formula is C22H40N2. The van der Waals surface area contributed by atoms with Crippen LogP contribution in [0.1, 0.15) is 72.6 Å². The lowest BCUT2D eigenvalue weighted by atomic mass is 10.1. The molecule has 0 radical (unpaired) electrons. The van der Waals surface area contributed by atoms with Crippen molar-refractivity contribution in [1.82, 2.24) is 10.2 Å². The average molecular weight is 333 g/mol. The lowest BCUT2D eigenvalue weighted by Gasteiger charge is -2.13. The molecule has 0 bridgehead atoms. The molecule has 0 spiro atoms. The maximum absolute atomic E-state index is 3.55. The van der Waals surface area contributed by atoms with Crippen molar-refractivity contribution in [2.24, 2.45) is 0 Å². The Kier molecular flexibility index (Phi) is 11.9. The van der Waals surface area contributed by atoms with Crippen molar-refractivity contribution in [3.63, 3.8) is 0 Å². The Morgan fingerprint density at radius 1 is 0.875 bits per heavy atom. The summed E-state index contributed by atoms with van der Waals surface area (Å²) in [5.74, 6) is 0. The first-order chi connectivity index (χ1) is 11.6. The van der Waals surface area contributed by atoms with Gasteiger partial charge in [-0.1, -0.05) is 34.9 Å². The zero-order chi connectivity index (χ0) is 17.6. The number of hydrogen-bond acceptors (Lipinski definition) is 2. The van der Waals surface area contributed by atoms with Crippen LogP contribution >= 0.6 is 0 Å². The molecule has 2 nitrogen and oxygen atoms in total. The van der Waals surface area contributed by atoms with Crippen LogP contribution < -0.4 is 5.32 Å². The Bertz CT molecular complexity index is 408. The van der Waals surface area contributed by atoms with E-state index in [-0.39, 0.29) is 0 Å². The van der Waals surface area contributed by atoms with Gasteiger partial charge in [0.25, 0.3) is 0 Å². The van der Waals surface area contributed by atoms with Gasteiger partial charge in [0, 0.05) is 6.54 Å². The highest BCUT2D eigenvalue weighted by Crippen LogP contribution is 2.11. The monoisotopic (exact) mass is 332 g/mol. The number of rotatable bonds is 12. The predicted molar refractivity (Wildman–Crippen MR) is 109 cm³/mol. The number of hydrogen-bond donors (Lipinski definition) is 1. The van der Waals surface area contributed by atoms with Crippen LogP contribution in [-0.4, -0.2) is 37.6 Å². The van der Waals surface area contributed by atoms with E-state index < -0.39 is 0 Å². The zero-order valence-electron chi connectivity index (χ0n) is 16.7. The lowest BCUT2D eigenvalue weighted by molar-refractivity contribution is 0.332. The second-order valence-electron chi connectivity index (χ2n) is 7.57. The fraction of sp³-hybridized carbons (Fsp3) is 0.727. The van der Waals surface area contributed by atoms with E-state index >= 15 is 0 Å². The third kappa shape index (κ3) is 11.6. The first-order valence-electron chi connectivity index (χ1n) is 9.95. The minimum atomic E-state index is 1.02. The molecule has 1 aliphatic rings. The van der Waals surface area contributed by atoms with Gasteiger partial charge >= 0.3 is 0 Å². The third-order valence-corrected chi connectivity index (χ3v) is 4.74. The molecule has 1 saturated heterocycles. The molecule has 2 heteroatoms. The normalized spacial score (nSPS) is 16.7. The topological polar surface area (TPSA) is 15.3 Å². The summed E-state index contributed by atoms with van der Waals surface area (Å²) in [6.07, 6.45) is 15.9. The molecule has 1 aliphatic heterocycles. The lowest BCUT2D eigenvalue weighted by Crippen LogP contribution is -2.24. The summed E-state index contributed by atoms with van der Waals surface area (Å²) in [4.78, 5) is 2.59. The van der Waals surface area contributed by atoms with Crippen molar-refractivity contribution in [1.29, 1.82) is 0 Å². The molecule has 0 amide bonds. The summed E-state index contributed by atoms with van der Waals surface area (Å²) in [5.41, 5.74) is 4.46. The molecule has 1 fully saturated rings. The van der Waals surface area contributed by atoms with Gasteiger partial charge in [0.2, 0.25) is 0 Å². The first-order valence-corrected chi connectivity index (χ1v) is 9.95. The minimum absolute atomic E-state index is 1.02. The van der Waals surface area contributed by atoms with Crippen molar-refractivity contribution in [3.8, 4) is 0 Å². The summed E-state index contributed by atoms with van der Waals surface area (Å²) in [6, 6.07) is 0. The van der Waals surface area contributed by atoms with E-state index in [2.05, 4.69) is 56.1 Å². The predicted octanol–water partition coefficient (Wildman–Crippen LogP) is 5.48. The third-order valence-electron chi connectivity index (χ3n) is 4.74. The molecule has 0 aromatic heterocycles. The van der Waals surface area contributed by atoms with Gasteiger partial charge in [0.1, 0.15) is 0 Å². The van der Waals surface area contributed by atoms with E-state index in [0.717, 1.165) is 13.1 Å². The largest absolute Gasteiger partial charge is 0.313 e. The SMILES string of the molecule is CC(C)=CCCC(C)=CCCC(C)=CCNCCCN1CCCC1. The highest BCUT2D eigenvalue weighted by Gasteiger charge is 2.09. The summed E-state index contributed by atoms with van der Waals surface area (Å²) >= 11 is 0. The van der Waals surface area contributed by atoms with E-state index in [4.69, 9.17) is 0 Å². The molecule has 0 atom stereocenters. The summed E-state index contributed by atoms with van der Waals surface area (Å²) in [6.45, 7) is 14.9. The summed E-state index contributed by atoms with van der Waals surface area (Å²) in [7, 11) is 0. The van der Waals surface area contributed by atoms with Gasteiger partial charge in [-0.15, -0.1) is 0 Å². The highest BCUT2D eigenvalue weighted by atomic mass is 15.1. The van der Waals surface area contributed by atoms with Crippen molar-refractivity contribution in [2.45, 2.75) is 72.6 Å². The Morgan fingerprint density at radius 2 is 1.50 bits per heavy atom. The van der Waals surface area contributed by atoms with Crippen LogP contribution in [0.25, 0.3) is 0 Å². The summed E-state index contributed by atoms with van der Waals surface area (Å²) < 4.78 is 0.